The second-order valence-electron chi connectivity index (χ2n) is 18.6. The molecule has 2 atom stereocenters. The van der Waals surface area contributed by atoms with E-state index in [0.29, 0.717) is 36.8 Å². The standard InChI is InChI=1S/C54H53FN8O9S2/c1-6-62-40-27-41(61-24-22-60(32-64)23-25-61)38(55)26-37(40)43(65)28-42(62)50(68)71-29-33-30-73-49-45(48(67)63(49)46(33)51(69)72-53(2,3)4)57-47(66)44(59-70-5)39-31-74-52(56-39)58-54(34-16-10-7-11-17-34,35-18-12-8-13-19-35)36-20-14-9-15-21-36/h7-21,26-28,31-32,45,49H,6,22-25,29-30H2,1-5H3,(H,56,58)(H,57,66)/t45-,49-/m1/s1. The number of rotatable bonds is 16. The number of thioether (sulfide) groups is 1. The van der Waals surface area contributed by atoms with Gasteiger partial charge >= 0.3 is 11.9 Å². The molecule has 20 heteroatoms. The Kier molecular flexibility index (Phi) is 14.7. The number of hydrogen-bond acceptors (Lipinski definition) is 15. The fraction of sp³-hybridized carbons (Fsp3) is 0.296. The number of esters is 2. The number of oxime groups is 1. The van der Waals surface area contributed by atoms with Gasteiger partial charge in [0.15, 0.2) is 16.3 Å². The van der Waals surface area contributed by atoms with Crippen molar-refractivity contribution in [3.05, 3.63) is 170 Å². The number of thiazole rings is 1. The number of aryl methyl sites for hydroxylation is 1. The molecule has 5 heterocycles. The summed E-state index contributed by atoms with van der Waals surface area (Å²) in [7, 11) is 1.29. The lowest BCUT2D eigenvalue weighted by atomic mass is 9.77. The van der Waals surface area contributed by atoms with Crippen molar-refractivity contribution in [1.29, 1.82) is 0 Å². The first-order chi connectivity index (χ1) is 35.6. The second kappa shape index (κ2) is 21.3. The number of fused-ring (bicyclic) bond motifs is 2. The summed E-state index contributed by atoms with van der Waals surface area (Å²) in [6.07, 6.45) is 0.749. The van der Waals surface area contributed by atoms with Crippen molar-refractivity contribution in [3.63, 3.8) is 0 Å². The first-order valence-corrected chi connectivity index (χ1v) is 25.8. The number of pyridine rings is 1. The molecule has 74 heavy (non-hydrogen) atoms. The van der Waals surface area contributed by atoms with Gasteiger partial charge in [-0.25, -0.2) is 19.0 Å². The van der Waals surface area contributed by atoms with E-state index in [9.17, 15) is 28.8 Å². The summed E-state index contributed by atoms with van der Waals surface area (Å²) in [5.41, 5.74) is 0.906. The lowest BCUT2D eigenvalue weighted by molar-refractivity contribution is -0.158. The van der Waals surface area contributed by atoms with E-state index in [1.165, 1.54) is 41.2 Å². The quantitative estimate of drug-likeness (QED) is 0.0267. The van der Waals surface area contributed by atoms with E-state index in [1.807, 2.05) is 91.0 Å². The fourth-order valence-electron chi connectivity index (χ4n) is 9.42. The Labute approximate surface area is 434 Å². The zero-order valence-electron chi connectivity index (χ0n) is 41.2. The number of halogens is 1. The third kappa shape index (κ3) is 9.98. The van der Waals surface area contributed by atoms with Crippen molar-refractivity contribution in [2.75, 3.05) is 55.9 Å². The number of hydrogen-bond donors (Lipinski definition) is 2. The molecule has 6 aromatic rings. The van der Waals surface area contributed by atoms with Crippen molar-refractivity contribution < 1.29 is 42.7 Å². The van der Waals surface area contributed by atoms with Crippen LogP contribution in [-0.2, 0) is 45.6 Å². The van der Waals surface area contributed by atoms with E-state index in [0.717, 1.165) is 35.2 Å². The summed E-state index contributed by atoms with van der Waals surface area (Å²) in [4.78, 5) is 95.8. The summed E-state index contributed by atoms with van der Waals surface area (Å²) in [6, 6.07) is 32.5. The predicted octanol–water partition coefficient (Wildman–Crippen LogP) is 6.50. The number of amides is 3. The van der Waals surface area contributed by atoms with E-state index >= 15 is 4.39 Å². The van der Waals surface area contributed by atoms with Crippen LogP contribution in [0.1, 0.15) is 60.6 Å². The van der Waals surface area contributed by atoms with Crippen LogP contribution in [0, 0.1) is 5.82 Å². The molecule has 2 N–H and O–H groups in total. The van der Waals surface area contributed by atoms with Gasteiger partial charge in [0.2, 0.25) is 6.41 Å². The molecular weight excluding hydrogens is 988 g/mol. The summed E-state index contributed by atoms with van der Waals surface area (Å²) in [5.74, 6) is -3.63. The number of anilines is 2. The Balaban J connectivity index is 0.951. The highest BCUT2D eigenvalue weighted by Crippen LogP contribution is 2.43. The normalized spacial score (nSPS) is 17.1. The van der Waals surface area contributed by atoms with Gasteiger partial charge in [-0.15, -0.1) is 23.1 Å². The van der Waals surface area contributed by atoms with E-state index in [2.05, 4.69) is 15.8 Å². The molecule has 0 spiro atoms. The molecule has 2 saturated heterocycles. The second-order valence-corrected chi connectivity index (χ2v) is 20.6. The number of benzene rings is 4. The zero-order chi connectivity index (χ0) is 52.3. The maximum Gasteiger partial charge on any atom is 0.355 e. The van der Waals surface area contributed by atoms with Gasteiger partial charge < -0.3 is 39.3 Å². The minimum Gasteiger partial charge on any atom is -0.456 e. The monoisotopic (exact) mass is 1040 g/mol. The van der Waals surface area contributed by atoms with Crippen LogP contribution in [0.2, 0.25) is 0 Å². The van der Waals surface area contributed by atoms with E-state index in [-0.39, 0.29) is 51.7 Å². The van der Waals surface area contributed by atoms with Crippen LogP contribution in [0.25, 0.3) is 10.9 Å². The average molecular weight is 1040 g/mol. The summed E-state index contributed by atoms with van der Waals surface area (Å²) < 4.78 is 28.7. The van der Waals surface area contributed by atoms with Gasteiger partial charge in [0, 0.05) is 60.9 Å². The fourth-order valence-corrected chi connectivity index (χ4v) is 11.5. The number of aromatic nitrogens is 2. The third-order valence-electron chi connectivity index (χ3n) is 12.9. The van der Waals surface area contributed by atoms with Crippen molar-refractivity contribution >= 4 is 80.7 Å². The van der Waals surface area contributed by atoms with Crippen molar-refractivity contribution in [1.82, 2.24) is 24.7 Å². The molecule has 0 bridgehead atoms. The van der Waals surface area contributed by atoms with Gasteiger partial charge in [-0.1, -0.05) is 96.2 Å². The van der Waals surface area contributed by atoms with E-state index in [1.54, 1.807) is 47.4 Å². The third-order valence-corrected chi connectivity index (χ3v) is 15.0. The first kappa shape index (κ1) is 51.1. The topological polar surface area (TPSA) is 194 Å². The van der Waals surface area contributed by atoms with Gasteiger partial charge in [-0.2, -0.15) is 0 Å². The Morgan fingerprint density at radius 3 is 2.07 bits per heavy atom. The van der Waals surface area contributed by atoms with Crippen LogP contribution in [0.3, 0.4) is 0 Å². The number of nitrogens with zero attached hydrogens (tertiary/aromatic N) is 6. The highest BCUT2D eigenvalue weighted by Gasteiger charge is 2.55. The molecule has 0 aliphatic carbocycles. The Morgan fingerprint density at radius 2 is 1.50 bits per heavy atom. The zero-order valence-corrected chi connectivity index (χ0v) is 42.8. The number of ether oxygens (including phenoxy) is 2. The van der Waals surface area contributed by atoms with Gasteiger partial charge in [0.1, 0.15) is 59.2 Å². The molecule has 3 aliphatic rings. The van der Waals surface area contributed by atoms with Gasteiger partial charge in [-0.3, -0.25) is 24.1 Å². The molecule has 4 aromatic carbocycles. The maximum absolute atomic E-state index is 15.5. The summed E-state index contributed by atoms with van der Waals surface area (Å²) >= 11 is 2.50. The van der Waals surface area contributed by atoms with Gasteiger partial charge in [0.25, 0.3) is 11.8 Å². The molecule has 3 aliphatic heterocycles. The smallest absolute Gasteiger partial charge is 0.355 e. The summed E-state index contributed by atoms with van der Waals surface area (Å²) in [6.45, 7) is 8.08. The molecule has 0 saturated carbocycles. The highest BCUT2D eigenvalue weighted by molar-refractivity contribution is 8.00. The van der Waals surface area contributed by atoms with E-state index < -0.39 is 64.2 Å². The predicted molar refractivity (Wildman–Crippen MR) is 280 cm³/mol. The van der Waals surface area contributed by atoms with Crippen LogP contribution in [0.15, 0.2) is 136 Å². The Bertz CT molecular complexity index is 3150. The highest BCUT2D eigenvalue weighted by atomic mass is 32.2. The van der Waals surface area contributed by atoms with Gasteiger partial charge in [-0.05, 0) is 56.5 Å². The van der Waals surface area contributed by atoms with Crippen LogP contribution in [0.4, 0.5) is 15.2 Å². The molecule has 0 unspecified atom stereocenters. The maximum atomic E-state index is 15.5. The SMILES string of the molecule is CCn1c(C(=O)OCC2=C(C(=O)OC(C)(C)C)N3C(=O)[C@@H](NC(=O)C(=NOC)c4csc(NC(c5ccccc5)(c5ccccc5)c5ccccc5)n4)[C@H]3SC2)cc(=O)c2cc(F)c(N3CCN(C=O)CC3)cc21. The largest absolute Gasteiger partial charge is 0.456 e. The lowest BCUT2D eigenvalue weighted by Crippen LogP contribution is -2.71. The molecule has 9 rings (SSSR count). The van der Waals surface area contributed by atoms with Crippen LogP contribution < -0.4 is 21.0 Å². The minimum atomic E-state index is -1.12. The number of piperazine rings is 1. The van der Waals surface area contributed by atoms with Gasteiger partial charge in [0.05, 0.1) is 11.2 Å². The number of β-lactam (4-membered cyclic amide) rings is 1. The Morgan fingerprint density at radius 1 is 0.878 bits per heavy atom. The molecule has 382 valence electrons. The molecule has 17 nitrogen and oxygen atoms in total. The van der Waals surface area contributed by atoms with Crippen molar-refractivity contribution in [2.24, 2.45) is 5.16 Å². The van der Waals surface area contributed by atoms with Crippen LogP contribution in [-0.4, -0.2) is 118 Å². The average Bonchev–Trinajstić information content (AvgIpc) is 3.88. The Hall–Kier alpha value is -7.84. The number of nitrogens with one attached hydrogen (secondary N) is 2. The molecule has 0 radical (unpaired) electrons. The van der Waals surface area contributed by atoms with E-state index in [4.69, 9.17) is 19.3 Å². The molecular formula is C54H53FN8O9S2. The summed E-state index contributed by atoms with van der Waals surface area (Å²) in [5, 5.41) is 12.0. The molecule has 2 fully saturated rings. The molecule has 2 aromatic heterocycles. The first-order valence-electron chi connectivity index (χ1n) is 23.9. The minimum absolute atomic E-state index is 0.0697. The van der Waals surface area contributed by atoms with Crippen LogP contribution >= 0.6 is 23.1 Å². The van der Waals surface area contributed by atoms with Crippen LogP contribution in [0.5, 0.6) is 0 Å². The number of carbonyl (C=O) groups is 5. The van der Waals surface area contributed by atoms with Crippen molar-refractivity contribution in [3.8, 4) is 0 Å². The molecule has 3 amide bonds. The lowest BCUT2D eigenvalue weighted by Gasteiger charge is -2.49. The van der Waals surface area contributed by atoms with Crippen molar-refractivity contribution in [2.45, 2.75) is 56.8 Å². The number of carbonyl (C=O) groups excluding carboxylic acids is 5.